The molecule has 1 fully saturated rings. The van der Waals surface area contributed by atoms with E-state index in [9.17, 15) is 0 Å². The first-order chi connectivity index (χ1) is 7.75. The lowest BCUT2D eigenvalue weighted by Crippen LogP contribution is -2.48. The second kappa shape index (κ2) is 5.41. The quantitative estimate of drug-likeness (QED) is 0.770. The second-order valence-corrected chi connectivity index (χ2v) is 4.76. The molecule has 1 saturated heterocycles. The smallest absolute Gasteiger partial charge is 0.0271 e. The van der Waals surface area contributed by atoms with Crippen LogP contribution >= 0.6 is 0 Å². The molecule has 0 unspecified atom stereocenters. The minimum Gasteiger partial charge on any atom is -0.298 e. The Balaban J connectivity index is 1.82. The summed E-state index contributed by atoms with van der Waals surface area (Å²) in [6.07, 6.45) is 3.75. The van der Waals surface area contributed by atoms with E-state index in [1.165, 1.54) is 31.7 Å². The molecule has 16 heavy (non-hydrogen) atoms. The minimum absolute atomic E-state index is 0.683. The van der Waals surface area contributed by atoms with Gasteiger partial charge in [-0.15, -0.1) is 0 Å². The predicted octanol–water partition coefficient (Wildman–Crippen LogP) is 1.61. The standard InChI is InChI=1S/C13H21N3/c1-12(2)16-9-7-15(8-10-16)11-13-3-5-14-6-4-13/h3-6,12H,7-11H2,1-2H3. The van der Waals surface area contributed by atoms with E-state index in [1.54, 1.807) is 0 Å². The maximum atomic E-state index is 4.05. The van der Waals surface area contributed by atoms with E-state index in [1.807, 2.05) is 12.4 Å². The zero-order valence-electron chi connectivity index (χ0n) is 10.3. The Labute approximate surface area is 98.1 Å². The van der Waals surface area contributed by atoms with Crippen molar-refractivity contribution < 1.29 is 0 Å². The van der Waals surface area contributed by atoms with E-state index in [0.717, 1.165) is 6.54 Å². The molecule has 2 rings (SSSR count). The van der Waals surface area contributed by atoms with Crippen LogP contribution in [0.5, 0.6) is 0 Å². The van der Waals surface area contributed by atoms with Crippen LogP contribution in [0.1, 0.15) is 19.4 Å². The number of pyridine rings is 1. The molecule has 0 saturated carbocycles. The summed E-state index contributed by atoms with van der Waals surface area (Å²) in [5, 5.41) is 0. The van der Waals surface area contributed by atoms with E-state index in [0.29, 0.717) is 6.04 Å². The topological polar surface area (TPSA) is 19.4 Å². The summed E-state index contributed by atoms with van der Waals surface area (Å²) in [5.74, 6) is 0. The number of nitrogens with zero attached hydrogens (tertiary/aromatic N) is 3. The van der Waals surface area contributed by atoms with E-state index in [4.69, 9.17) is 0 Å². The number of piperazine rings is 1. The fourth-order valence-electron chi connectivity index (χ4n) is 2.18. The summed E-state index contributed by atoms with van der Waals surface area (Å²) in [4.78, 5) is 9.11. The molecule has 2 heterocycles. The molecule has 0 N–H and O–H groups in total. The van der Waals surface area contributed by atoms with Crippen molar-refractivity contribution in [3.63, 3.8) is 0 Å². The van der Waals surface area contributed by atoms with Crippen LogP contribution in [0.4, 0.5) is 0 Å². The molecule has 0 spiro atoms. The molecule has 0 amide bonds. The number of hydrogen-bond donors (Lipinski definition) is 0. The predicted molar refractivity (Wildman–Crippen MR) is 66.2 cm³/mol. The Morgan fingerprint density at radius 2 is 1.75 bits per heavy atom. The lowest BCUT2D eigenvalue weighted by Gasteiger charge is -2.36. The SMILES string of the molecule is CC(C)N1CCN(Cc2ccncc2)CC1. The molecule has 0 aliphatic carbocycles. The molecular weight excluding hydrogens is 198 g/mol. The molecule has 0 bridgehead atoms. The zero-order valence-corrected chi connectivity index (χ0v) is 10.3. The van der Waals surface area contributed by atoms with Crippen LogP contribution in [0.15, 0.2) is 24.5 Å². The fourth-order valence-corrected chi connectivity index (χ4v) is 2.18. The first-order valence-electron chi connectivity index (χ1n) is 6.11. The van der Waals surface area contributed by atoms with E-state index in [-0.39, 0.29) is 0 Å². The summed E-state index contributed by atoms with van der Waals surface area (Å²) in [6, 6.07) is 4.90. The first kappa shape index (κ1) is 11.6. The van der Waals surface area contributed by atoms with Gasteiger partial charge in [0.1, 0.15) is 0 Å². The van der Waals surface area contributed by atoms with Gasteiger partial charge in [0, 0.05) is 51.2 Å². The van der Waals surface area contributed by atoms with Gasteiger partial charge in [-0.3, -0.25) is 14.8 Å². The monoisotopic (exact) mass is 219 g/mol. The summed E-state index contributed by atoms with van der Waals surface area (Å²) in [5.41, 5.74) is 1.37. The number of aromatic nitrogens is 1. The van der Waals surface area contributed by atoms with Crippen LogP contribution < -0.4 is 0 Å². The van der Waals surface area contributed by atoms with Crippen LogP contribution in [0.2, 0.25) is 0 Å². The average Bonchev–Trinajstić information content (AvgIpc) is 2.31. The van der Waals surface area contributed by atoms with Gasteiger partial charge < -0.3 is 0 Å². The molecular formula is C13H21N3. The Hall–Kier alpha value is -0.930. The molecule has 0 atom stereocenters. The normalized spacial score (nSPS) is 19.2. The van der Waals surface area contributed by atoms with E-state index in [2.05, 4.69) is 40.8 Å². The zero-order chi connectivity index (χ0) is 11.4. The van der Waals surface area contributed by atoms with Gasteiger partial charge in [-0.05, 0) is 31.5 Å². The lowest BCUT2D eigenvalue weighted by atomic mass is 10.2. The average molecular weight is 219 g/mol. The summed E-state index contributed by atoms with van der Waals surface area (Å²) >= 11 is 0. The molecule has 1 aliphatic rings. The minimum atomic E-state index is 0.683. The second-order valence-electron chi connectivity index (χ2n) is 4.76. The van der Waals surface area contributed by atoms with Crippen molar-refractivity contribution in [2.75, 3.05) is 26.2 Å². The van der Waals surface area contributed by atoms with Crippen LogP contribution in [0.3, 0.4) is 0 Å². The van der Waals surface area contributed by atoms with Gasteiger partial charge in [-0.1, -0.05) is 0 Å². The van der Waals surface area contributed by atoms with Crippen molar-refractivity contribution in [1.82, 2.24) is 14.8 Å². The van der Waals surface area contributed by atoms with Crippen LogP contribution in [-0.4, -0.2) is 47.0 Å². The Bertz CT molecular complexity index is 302. The number of hydrogen-bond acceptors (Lipinski definition) is 3. The highest BCUT2D eigenvalue weighted by Crippen LogP contribution is 2.09. The molecule has 1 aromatic heterocycles. The van der Waals surface area contributed by atoms with Gasteiger partial charge in [0.2, 0.25) is 0 Å². The van der Waals surface area contributed by atoms with Crippen LogP contribution in [0.25, 0.3) is 0 Å². The maximum absolute atomic E-state index is 4.05. The van der Waals surface area contributed by atoms with Gasteiger partial charge >= 0.3 is 0 Å². The third-order valence-corrected chi connectivity index (χ3v) is 3.29. The van der Waals surface area contributed by atoms with Gasteiger partial charge in [0.25, 0.3) is 0 Å². The Morgan fingerprint density at radius 1 is 1.12 bits per heavy atom. The van der Waals surface area contributed by atoms with Crippen LogP contribution in [-0.2, 0) is 6.54 Å². The van der Waals surface area contributed by atoms with Crippen molar-refractivity contribution in [3.05, 3.63) is 30.1 Å². The Kier molecular flexibility index (Phi) is 3.91. The number of rotatable bonds is 3. The summed E-state index contributed by atoms with van der Waals surface area (Å²) in [6.45, 7) is 10.4. The van der Waals surface area contributed by atoms with Crippen molar-refractivity contribution in [2.45, 2.75) is 26.4 Å². The van der Waals surface area contributed by atoms with Crippen molar-refractivity contribution >= 4 is 0 Å². The largest absolute Gasteiger partial charge is 0.298 e. The van der Waals surface area contributed by atoms with Crippen molar-refractivity contribution in [1.29, 1.82) is 0 Å². The van der Waals surface area contributed by atoms with Crippen molar-refractivity contribution in [3.8, 4) is 0 Å². The molecule has 3 nitrogen and oxygen atoms in total. The highest BCUT2D eigenvalue weighted by molar-refractivity contribution is 5.09. The molecule has 0 aromatic carbocycles. The molecule has 88 valence electrons. The maximum Gasteiger partial charge on any atom is 0.0271 e. The molecule has 1 aliphatic heterocycles. The van der Waals surface area contributed by atoms with Gasteiger partial charge in [-0.25, -0.2) is 0 Å². The summed E-state index contributed by atoms with van der Waals surface area (Å²) < 4.78 is 0. The lowest BCUT2D eigenvalue weighted by molar-refractivity contribution is 0.104. The summed E-state index contributed by atoms with van der Waals surface area (Å²) in [7, 11) is 0. The molecule has 3 heteroatoms. The third-order valence-electron chi connectivity index (χ3n) is 3.29. The molecule has 1 aromatic rings. The Morgan fingerprint density at radius 3 is 2.31 bits per heavy atom. The fraction of sp³-hybridized carbons (Fsp3) is 0.615. The van der Waals surface area contributed by atoms with E-state index < -0.39 is 0 Å². The van der Waals surface area contributed by atoms with E-state index >= 15 is 0 Å². The van der Waals surface area contributed by atoms with Gasteiger partial charge in [-0.2, -0.15) is 0 Å². The van der Waals surface area contributed by atoms with Crippen LogP contribution in [0, 0.1) is 0 Å². The van der Waals surface area contributed by atoms with Gasteiger partial charge in [0.15, 0.2) is 0 Å². The highest BCUT2D eigenvalue weighted by atomic mass is 15.3. The van der Waals surface area contributed by atoms with Gasteiger partial charge in [0.05, 0.1) is 0 Å². The first-order valence-corrected chi connectivity index (χ1v) is 6.11. The highest BCUT2D eigenvalue weighted by Gasteiger charge is 2.18. The molecule has 0 radical (unpaired) electrons. The third kappa shape index (κ3) is 3.03. The van der Waals surface area contributed by atoms with Crippen molar-refractivity contribution in [2.24, 2.45) is 0 Å².